The van der Waals surface area contributed by atoms with Gasteiger partial charge in [-0.3, -0.25) is 0 Å². The van der Waals surface area contributed by atoms with Gasteiger partial charge in [-0.15, -0.1) is 0 Å². The average Bonchev–Trinajstić information content (AvgIpc) is 2.56. The second-order valence-corrected chi connectivity index (χ2v) is 4.92. The number of aromatic hydroxyl groups is 2. The SMILES string of the molecule is COc1ccc(CN/N=C(/C)c2cc(O)ccc2O)cc1OC. The van der Waals surface area contributed by atoms with E-state index in [1.165, 1.54) is 18.2 Å². The van der Waals surface area contributed by atoms with Crippen LogP contribution in [0.5, 0.6) is 23.0 Å². The molecule has 0 amide bonds. The highest BCUT2D eigenvalue weighted by Gasteiger charge is 2.07. The number of hydrogen-bond acceptors (Lipinski definition) is 6. The number of phenolic OH excluding ortho intramolecular Hbond substituents is 2. The van der Waals surface area contributed by atoms with E-state index in [9.17, 15) is 10.2 Å². The number of hydrazone groups is 1. The van der Waals surface area contributed by atoms with Crippen LogP contribution in [-0.4, -0.2) is 30.1 Å². The lowest BCUT2D eigenvalue weighted by molar-refractivity contribution is 0.354. The molecular formula is C17H20N2O4. The molecule has 2 aromatic carbocycles. The molecule has 0 unspecified atom stereocenters. The van der Waals surface area contributed by atoms with E-state index in [-0.39, 0.29) is 11.5 Å². The van der Waals surface area contributed by atoms with Gasteiger partial charge in [-0.05, 0) is 42.8 Å². The highest BCUT2D eigenvalue weighted by molar-refractivity contribution is 6.01. The zero-order valence-electron chi connectivity index (χ0n) is 13.3. The monoisotopic (exact) mass is 316 g/mol. The molecule has 0 fully saturated rings. The number of nitrogens with zero attached hydrogens (tertiary/aromatic N) is 1. The zero-order chi connectivity index (χ0) is 16.8. The lowest BCUT2D eigenvalue weighted by Gasteiger charge is -2.10. The van der Waals surface area contributed by atoms with Gasteiger partial charge in [0.1, 0.15) is 11.5 Å². The van der Waals surface area contributed by atoms with Gasteiger partial charge in [0, 0.05) is 5.56 Å². The minimum atomic E-state index is 0.0666. The fourth-order valence-corrected chi connectivity index (χ4v) is 2.11. The van der Waals surface area contributed by atoms with Gasteiger partial charge in [-0.2, -0.15) is 5.10 Å². The first-order valence-electron chi connectivity index (χ1n) is 7.05. The van der Waals surface area contributed by atoms with Crippen molar-refractivity contribution in [3.8, 4) is 23.0 Å². The Bertz CT molecular complexity index is 714. The molecule has 0 aliphatic rings. The number of methoxy groups -OCH3 is 2. The molecule has 0 aliphatic carbocycles. The molecule has 122 valence electrons. The fraction of sp³-hybridized carbons (Fsp3) is 0.235. The van der Waals surface area contributed by atoms with E-state index in [2.05, 4.69) is 10.5 Å². The van der Waals surface area contributed by atoms with E-state index in [4.69, 9.17) is 9.47 Å². The molecule has 0 radical (unpaired) electrons. The summed E-state index contributed by atoms with van der Waals surface area (Å²) in [5.74, 6) is 1.46. The van der Waals surface area contributed by atoms with E-state index >= 15 is 0 Å². The van der Waals surface area contributed by atoms with Crippen molar-refractivity contribution in [1.29, 1.82) is 0 Å². The van der Waals surface area contributed by atoms with Crippen molar-refractivity contribution in [1.82, 2.24) is 5.43 Å². The van der Waals surface area contributed by atoms with E-state index in [1.807, 2.05) is 18.2 Å². The number of ether oxygens (including phenoxy) is 2. The molecule has 0 aromatic heterocycles. The number of hydrogen-bond donors (Lipinski definition) is 3. The maximum absolute atomic E-state index is 9.80. The fourth-order valence-electron chi connectivity index (χ4n) is 2.11. The highest BCUT2D eigenvalue weighted by Crippen LogP contribution is 2.27. The van der Waals surface area contributed by atoms with Crippen LogP contribution in [0.25, 0.3) is 0 Å². The van der Waals surface area contributed by atoms with Crippen molar-refractivity contribution in [2.45, 2.75) is 13.5 Å². The summed E-state index contributed by atoms with van der Waals surface area (Å²) in [4.78, 5) is 0. The minimum Gasteiger partial charge on any atom is -0.508 e. The Hall–Kier alpha value is -2.89. The molecule has 0 aliphatic heterocycles. The average molecular weight is 316 g/mol. The highest BCUT2D eigenvalue weighted by atomic mass is 16.5. The van der Waals surface area contributed by atoms with Gasteiger partial charge in [-0.25, -0.2) is 0 Å². The topological polar surface area (TPSA) is 83.3 Å². The summed E-state index contributed by atoms with van der Waals surface area (Å²) in [6.45, 7) is 2.23. The lowest BCUT2D eigenvalue weighted by atomic mass is 10.1. The van der Waals surface area contributed by atoms with Crippen molar-refractivity contribution in [3.05, 3.63) is 47.5 Å². The van der Waals surface area contributed by atoms with Gasteiger partial charge >= 0.3 is 0 Å². The summed E-state index contributed by atoms with van der Waals surface area (Å²) >= 11 is 0. The molecule has 0 saturated heterocycles. The molecule has 0 spiro atoms. The third kappa shape index (κ3) is 4.06. The van der Waals surface area contributed by atoms with Crippen molar-refractivity contribution in [2.75, 3.05) is 14.2 Å². The third-order valence-electron chi connectivity index (χ3n) is 3.35. The maximum atomic E-state index is 9.80. The van der Waals surface area contributed by atoms with Crippen LogP contribution in [0, 0.1) is 0 Å². The van der Waals surface area contributed by atoms with Crippen LogP contribution in [0.3, 0.4) is 0 Å². The van der Waals surface area contributed by atoms with Crippen LogP contribution in [0.2, 0.25) is 0 Å². The van der Waals surface area contributed by atoms with Crippen LogP contribution < -0.4 is 14.9 Å². The first-order chi connectivity index (χ1) is 11.0. The number of benzene rings is 2. The van der Waals surface area contributed by atoms with Gasteiger partial charge in [0.2, 0.25) is 0 Å². The minimum absolute atomic E-state index is 0.0666. The number of phenols is 2. The molecule has 0 bridgehead atoms. The van der Waals surface area contributed by atoms with Crippen molar-refractivity contribution < 1.29 is 19.7 Å². The van der Waals surface area contributed by atoms with Crippen molar-refractivity contribution >= 4 is 5.71 Å². The molecule has 0 atom stereocenters. The van der Waals surface area contributed by atoms with E-state index < -0.39 is 0 Å². The standard InChI is InChI=1S/C17H20N2O4/c1-11(14-9-13(20)5-6-15(14)21)19-18-10-12-4-7-16(22-2)17(8-12)23-3/h4-9,18,20-21H,10H2,1-3H3/b19-11-. The van der Waals surface area contributed by atoms with Crippen LogP contribution in [0.15, 0.2) is 41.5 Å². The first kappa shape index (κ1) is 16.5. The molecular weight excluding hydrogens is 296 g/mol. The van der Waals surface area contributed by atoms with Gasteiger partial charge < -0.3 is 25.1 Å². The summed E-state index contributed by atoms with van der Waals surface area (Å²) in [7, 11) is 3.17. The van der Waals surface area contributed by atoms with E-state index in [0.29, 0.717) is 29.3 Å². The molecule has 2 aromatic rings. The van der Waals surface area contributed by atoms with Gasteiger partial charge in [0.25, 0.3) is 0 Å². The molecule has 0 heterocycles. The van der Waals surface area contributed by atoms with Crippen LogP contribution in [0.4, 0.5) is 0 Å². The summed E-state index contributed by atoms with van der Waals surface area (Å²) in [6, 6.07) is 9.91. The van der Waals surface area contributed by atoms with Crippen molar-refractivity contribution in [3.63, 3.8) is 0 Å². The maximum Gasteiger partial charge on any atom is 0.161 e. The molecule has 0 saturated carbocycles. The van der Waals surface area contributed by atoms with E-state index in [0.717, 1.165) is 5.56 Å². The third-order valence-corrected chi connectivity index (χ3v) is 3.35. The van der Waals surface area contributed by atoms with E-state index in [1.54, 1.807) is 21.1 Å². The molecule has 6 heteroatoms. The lowest BCUT2D eigenvalue weighted by Crippen LogP contribution is -2.09. The Balaban J connectivity index is 2.07. The first-order valence-corrected chi connectivity index (χ1v) is 7.05. The molecule has 6 nitrogen and oxygen atoms in total. The van der Waals surface area contributed by atoms with Gasteiger partial charge in [0.15, 0.2) is 11.5 Å². The smallest absolute Gasteiger partial charge is 0.161 e. The predicted molar refractivity (Wildman–Crippen MR) is 88.4 cm³/mol. The van der Waals surface area contributed by atoms with Gasteiger partial charge in [-0.1, -0.05) is 6.07 Å². The van der Waals surface area contributed by atoms with Crippen LogP contribution in [-0.2, 0) is 6.54 Å². The Morgan fingerprint density at radius 3 is 2.48 bits per heavy atom. The summed E-state index contributed by atoms with van der Waals surface area (Å²) in [5, 5.41) is 23.5. The Morgan fingerprint density at radius 1 is 1.04 bits per heavy atom. The Labute approximate surface area is 135 Å². The Kier molecular flexibility index (Phi) is 5.30. The van der Waals surface area contributed by atoms with Gasteiger partial charge in [0.05, 0.1) is 26.5 Å². The quantitative estimate of drug-likeness (QED) is 0.433. The zero-order valence-corrected chi connectivity index (χ0v) is 13.3. The Morgan fingerprint density at radius 2 is 1.78 bits per heavy atom. The second kappa shape index (κ2) is 7.40. The molecule has 23 heavy (non-hydrogen) atoms. The number of nitrogens with one attached hydrogen (secondary N) is 1. The van der Waals surface area contributed by atoms with Crippen LogP contribution in [0.1, 0.15) is 18.1 Å². The van der Waals surface area contributed by atoms with Crippen molar-refractivity contribution in [2.24, 2.45) is 5.10 Å². The molecule has 2 rings (SSSR count). The summed E-state index contributed by atoms with van der Waals surface area (Å²) in [6.07, 6.45) is 0. The second-order valence-electron chi connectivity index (χ2n) is 4.92. The molecule has 3 N–H and O–H groups in total. The normalized spacial score (nSPS) is 11.2. The predicted octanol–water partition coefficient (Wildman–Crippen LogP) is 2.63. The summed E-state index contributed by atoms with van der Waals surface area (Å²) < 4.78 is 10.4. The summed E-state index contributed by atoms with van der Waals surface area (Å²) in [5.41, 5.74) is 4.95. The largest absolute Gasteiger partial charge is 0.508 e. The number of rotatable bonds is 6. The van der Waals surface area contributed by atoms with Crippen LogP contribution >= 0.6 is 0 Å².